The van der Waals surface area contributed by atoms with Crippen molar-refractivity contribution in [3.8, 4) is 16.9 Å². The van der Waals surface area contributed by atoms with Crippen molar-refractivity contribution < 1.29 is 14.3 Å². The third-order valence-corrected chi connectivity index (χ3v) is 6.40. The number of carbonyl (C=O) groups is 1. The quantitative estimate of drug-likeness (QED) is 0.765. The number of ether oxygens (including phenoxy) is 2. The molecule has 1 fully saturated rings. The first kappa shape index (κ1) is 21.8. The van der Waals surface area contributed by atoms with Gasteiger partial charge in [-0.2, -0.15) is 0 Å². The van der Waals surface area contributed by atoms with Crippen LogP contribution in [0.1, 0.15) is 56.5 Å². The topological polar surface area (TPSA) is 50.8 Å². The molecule has 2 heterocycles. The smallest absolute Gasteiger partial charge is 0.251 e. The Morgan fingerprint density at radius 1 is 1.06 bits per heavy atom. The molecule has 2 aliphatic heterocycles. The van der Waals surface area contributed by atoms with E-state index in [9.17, 15) is 4.79 Å². The Labute approximate surface area is 185 Å². The molecule has 31 heavy (non-hydrogen) atoms. The highest BCUT2D eigenvalue weighted by Crippen LogP contribution is 2.35. The number of benzene rings is 2. The third-order valence-electron chi connectivity index (χ3n) is 6.40. The predicted molar refractivity (Wildman–Crippen MR) is 123 cm³/mol. The number of amides is 1. The molecule has 2 aromatic carbocycles. The fraction of sp³-hybridized carbons (Fsp3) is 0.500. The first-order valence-corrected chi connectivity index (χ1v) is 11.4. The summed E-state index contributed by atoms with van der Waals surface area (Å²) in [5, 5.41) is 2.83. The van der Waals surface area contributed by atoms with E-state index in [0.717, 1.165) is 48.4 Å². The van der Waals surface area contributed by atoms with Gasteiger partial charge in [-0.3, -0.25) is 9.69 Å². The van der Waals surface area contributed by atoms with E-state index in [1.165, 1.54) is 0 Å². The van der Waals surface area contributed by atoms with Gasteiger partial charge in [-0.05, 0) is 89.0 Å². The minimum atomic E-state index is -0.156. The minimum absolute atomic E-state index is 0.0410. The van der Waals surface area contributed by atoms with E-state index in [1.807, 2.05) is 31.2 Å². The van der Waals surface area contributed by atoms with Crippen molar-refractivity contribution >= 4 is 5.91 Å². The number of hydrogen-bond acceptors (Lipinski definition) is 4. The van der Waals surface area contributed by atoms with Crippen molar-refractivity contribution in [3.63, 3.8) is 0 Å². The van der Waals surface area contributed by atoms with Crippen LogP contribution in [-0.4, -0.2) is 42.3 Å². The molecule has 5 nitrogen and oxygen atoms in total. The van der Waals surface area contributed by atoms with Crippen molar-refractivity contribution in [2.24, 2.45) is 5.92 Å². The molecule has 0 bridgehead atoms. The summed E-state index contributed by atoms with van der Waals surface area (Å²) in [5.41, 5.74) is 4.15. The van der Waals surface area contributed by atoms with Gasteiger partial charge in [0.1, 0.15) is 5.75 Å². The maximum absolute atomic E-state index is 12.0. The number of piperidine rings is 1. The molecular formula is C26H34N2O3. The third kappa shape index (κ3) is 4.94. The van der Waals surface area contributed by atoms with Gasteiger partial charge < -0.3 is 14.8 Å². The lowest BCUT2D eigenvalue weighted by Crippen LogP contribution is -2.48. The average molecular weight is 423 g/mol. The summed E-state index contributed by atoms with van der Waals surface area (Å²) >= 11 is 0. The lowest BCUT2D eigenvalue weighted by Gasteiger charge is -2.43. The Balaban J connectivity index is 1.41. The fourth-order valence-corrected chi connectivity index (χ4v) is 4.47. The van der Waals surface area contributed by atoms with E-state index >= 15 is 0 Å². The molecule has 1 amide bonds. The molecule has 1 saturated heterocycles. The SMILES string of the molecule is CCNC(=O)c1ccc(-c2ccc3c(c2)COC(C2CCN(C(C)(C)C)CC2)O3)cc1. The zero-order valence-corrected chi connectivity index (χ0v) is 19.1. The average Bonchev–Trinajstić information content (AvgIpc) is 2.78. The van der Waals surface area contributed by atoms with Gasteiger partial charge in [0.2, 0.25) is 6.29 Å². The molecule has 2 aliphatic rings. The zero-order valence-electron chi connectivity index (χ0n) is 19.1. The maximum atomic E-state index is 12.0. The summed E-state index contributed by atoms with van der Waals surface area (Å²) in [6.07, 6.45) is 2.05. The molecule has 1 atom stereocenters. The number of carbonyl (C=O) groups excluding carboxylic acids is 1. The van der Waals surface area contributed by atoms with Crippen LogP contribution in [0.25, 0.3) is 11.1 Å². The highest BCUT2D eigenvalue weighted by atomic mass is 16.7. The van der Waals surface area contributed by atoms with E-state index in [4.69, 9.17) is 9.47 Å². The summed E-state index contributed by atoms with van der Waals surface area (Å²) in [6.45, 7) is 12.1. The number of rotatable bonds is 4. The van der Waals surface area contributed by atoms with Crippen molar-refractivity contribution in [2.45, 2.75) is 59.0 Å². The van der Waals surface area contributed by atoms with Gasteiger partial charge in [-0.25, -0.2) is 0 Å². The van der Waals surface area contributed by atoms with Crippen LogP contribution in [0.15, 0.2) is 42.5 Å². The van der Waals surface area contributed by atoms with E-state index in [-0.39, 0.29) is 17.7 Å². The molecule has 4 rings (SSSR count). The first-order chi connectivity index (χ1) is 14.8. The number of hydrogen-bond donors (Lipinski definition) is 1. The van der Waals surface area contributed by atoms with Gasteiger partial charge in [-0.15, -0.1) is 0 Å². The molecule has 1 N–H and O–H groups in total. The number of fused-ring (bicyclic) bond motifs is 1. The Morgan fingerprint density at radius 3 is 2.39 bits per heavy atom. The molecule has 0 spiro atoms. The van der Waals surface area contributed by atoms with Crippen LogP contribution in [0.5, 0.6) is 5.75 Å². The van der Waals surface area contributed by atoms with Crippen molar-refractivity contribution in [3.05, 3.63) is 53.6 Å². The molecule has 0 saturated carbocycles. The molecular weight excluding hydrogens is 388 g/mol. The second kappa shape index (κ2) is 9.01. The molecule has 166 valence electrons. The zero-order chi connectivity index (χ0) is 22.0. The van der Waals surface area contributed by atoms with Crippen LogP contribution in [-0.2, 0) is 11.3 Å². The molecule has 2 aromatic rings. The molecule has 5 heteroatoms. The van der Waals surface area contributed by atoms with Gasteiger partial charge in [0.25, 0.3) is 5.91 Å². The molecule has 0 aliphatic carbocycles. The molecule has 0 radical (unpaired) electrons. The van der Waals surface area contributed by atoms with E-state index in [0.29, 0.717) is 24.6 Å². The maximum Gasteiger partial charge on any atom is 0.251 e. The van der Waals surface area contributed by atoms with Crippen molar-refractivity contribution in [1.82, 2.24) is 10.2 Å². The van der Waals surface area contributed by atoms with Gasteiger partial charge >= 0.3 is 0 Å². The first-order valence-electron chi connectivity index (χ1n) is 11.4. The monoisotopic (exact) mass is 422 g/mol. The lowest BCUT2D eigenvalue weighted by molar-refractivity contribution is -0.151. The van der Waals surface area contributed by atoms with Gasteiger partial charge in [0, 0.05) is 29.1 Å². The summed E-state index contributed by atoms with van der Waals surface area (Å²) < 4.78 is 12.4. The highest BCUT2D eigenvalue weighted by Gasteiger charge is 2.34. The van der Waals surface area contributed by atoms with Crippen LogP contribution >= 0.6 is 0 Å². The van der Waals surface area contributed by atoms with E-state index in [2.05, 4.69) is 49.2 Å². The van der Waals surface area contributed by atoms with E-state index in [1.54, 1.807) is 0 Å². The summed E-state index contributed by atoms with van der Waals surface area (Å²) in [7, 11) is 0. The van der Waals surface area contributed by atoms with Crippen LogP contribution in [0, 0.1) is 5.92 Å². The number of likely N-dealkylation sites (tertiary alicyclic amines) is 1. The van der Waals surface area contributed by atoms with Crippen LogP contribution in [0.3, 0.4) is 0 Å². The Bertz CT molecular complexity index is 909. The van der Waals surface area contributed by atoms with E-state index < -0.39 is 0 Å². The summed E-state index contributed by atoms with van der Waals surface area (Å²) in [5.74, 6) is 1.33. The van der Waals surface area contributed by atoms with Crippen LogP contribution < -0.4 is 10.1 Å². The summed E-state index contributed by atoms with van der Waals surface area (Å²) in [6, 6.07) is 14.0. The van der Waals surface area contributed by atoms with Crippen LogP contribution in [0.4, 0.5) is 0 Å². The largest absolute Gasteiger partial charge is 0.464 e. The second-order valence-corrected chi connectivity index (χ2v) is 9.55. The molecule has 0 aromatic heterocycles. The standard InChI is InChI=1S/C26H34N2O3/c1-5-27-24(29)19-8-6-18(7-9-19)21-10-11-23-22(16-21)17-30-25(31-23)20-12-14-28(15-13-20)26(2,3)4/h6-11,16,20,25H,5,12-15,17H2,1-4H3,(H,27,29). The number of nitrogens with one attached hydrogen (secondary N) is 1. The number of nitrogens with zero attached hydrogens (tertiary/aromatic N) is 1. The van der Waals surface area contributed by atoms with Gasteiger partial charge in [0.15, 0.2) is 0 Å². The summed E-state index contributed by atoms with van der Waals surface area (Å²) in [4.78, 5) is 14.5. The normalized spacial score (nSPS) is 20.1. The Hall–Kier alpha value is -2.37. The second-order valence-electron chi connectivity index (χ2n) is 9.55. The minimum Gasteiger partial charge on any atom is -0.464 e. The fourth-order valence-electron chi connectivity index (χ4n) is 4.47. The lowest BCUT2D eigenvalue weighted by atomic mass is 9.92. The Kier molecular flexibility index (Phi) is 6.35. The van der Waals surface area contributed by atoms with Crippen molar-refractivity contribution in [2.75, 3.05) is 19.6 Å². The van der Waals surface area contributed by atoms with Crippen molar-refractivity contribution in [1.29, 1.82) is 0 Å². The van der Waals surface area contributed by atoms with Gasteiger partial charge in [-0.1, -0.05) is 18.2 Å². The highest BCUT2D eigenvalue weighted by molar-refractivity contribution is 5.94. The van der Waals surface area contributed by atoms with Crippen LogP contribution in [0.2, 0.25) is 0 Å². The Morgan fingerprint density at radius 2 is 1.74 bits per heavy atom. The predicted octanol–water partition coefficient (Wildman–Crippen LogP) is 4.85. The molecule has 1 unspecified atom stereocenters. The van der Waals surface area contributed by atoms with Gasteiger partial charge in [0.05, 0.1) is 6.61 Å².